The Kier molecular flexibility index (Phi) is 11.0. The lowest BCUT2D eigenvalue weighted by molar-refractivity contribution is 0.365. The van der Waals surface area contributed by atoms with E-state index in [4.69, 9.17) is 0 Å². The van der Waals surface area contributed by atoms with Crippen LogP contribution in [0.25, 0.3) is 0 Å². The Hall–Kier alpha value is -0.0800. The fourth-order valence-electron chi connectivity index (χ4n) is 2.01. The Labute approximate surface area is 109 Å². The summed E-state index contributed by atoms with van der Waals surface area (Å²) in [5.41, 5.74) is 0. The van der Waals surface area contributed by atoms with Crippen LogP contribution in [0.5, 0.6) is 0 Å². The van der Waals surface area contributed by atoms with Gasteiger partial charge in [-0.3, -0.25) is 0 Å². The first-order chi connectivity index (χ1) is 8.13. The molecule has 0 spiro atoms. The summed E-state index contributed by atoms with van der Waals surface area (Å²) in [4.78, 5) is 0. The quantitative estimate of drug-likeness (QED) is 0.770. The molecule has 0 saturated carbocycles. The summed E-state index contributed by atoms with van der Waals surface area (Å²) in [5.74, 6) is 1.02. The van der Waals surface area contributed by atoms with Crippen molar-refractivity contribution in [1.29, 1.82) is 0 Å². The SMILES string of the molecule is CCC(C)NC(C)CC.CCC1CCNCC1. The normalized spacial score (nSPS) is 20.3. The maximum Gasteiger partial charge on any atom is 0.00385 e. The van der Waals surface area contributed by atoms with Crippen molar-refractivity contribution < 1.29 is 0 Å². The summed E-state index contributed by atoms with van der Waals surface area (Å²) in [6, 6.07) is 1.36. The molecule has 1 aliphatic rings. The summed E-state index contributed by atoms with van der Waals surface area (Å²) in [5, 5.41) is 6.83. The predicted molar refractivity (Wildman–Crippen MR) is 78.5 cm³/mol. The van der Waals surface area contributed by atoms with Gasteiger partial charge in [-0.25, -0.2) is 0 Å². The van der Waals surface area contributed by atoms with Gasteiger partial charge in [0.15, 0.2) is 0 Å². The molecule has 1 heterocycles. The van der Waals surface area contributed by atoms with Gasteiger partial charge in [-0.1, -0.05) is 27.2 Å². The Morgan fingerprint density at radius 1 is 1.00 bits per heavy atom. The van der Waals surface area contributed by atoms with Gasteiger partial charge in [-0.2, -0.15) is 0 Å². The monoisotopic (exact) mass is 242 g/mol. The first kappa shape index (κ1) is 16.9. The largest absolute Gasteiger partial charge is 0.317 e. The lowest BCUT2D eigenvalue weighted by atomic mass is 9.96. The molecule has 2 nitrogen and oxygen atoms in total. The molecule has 104 valence electrons. The van der Waals surface area contributed by atoms with E-state index in [1.54, 1.807) is 0 Å². The van der Waals surface area contributed by atoms with Crippen molar-refractivity contribution in [3.05, 3.63) is 0 Å². The van der Waals surface area contributed by atoms with Crippen LogP contribution in [0.2, 0.25) is 0 Å². The molecule has 0 aromatic rings. The summed E-state index contributed by atoms with van der Waals surface area (Å²) >= 11 is 0. The topological polar surface area (TPSA) is 24.1 Å². The molecule has 1 rings (SSSR count). The van der Waals surface area contributed by atoms with Gasteiger partial charge >= 0.3 is 0 Å². The number of hydrogen-bond acceptors (Lipinski definition) is 2. The highest BCUT2D eigenvalue weighted by Gasteiger charge is 2.08. The van der Waals surface area contributed by atoms with Crippen molar-refractivity contribution in [2.24, 2.45) is 5.92 Å². The van der Waals surface area contributed by atoms with E-state index in [9.17, 15) is 0 Å². The van der Waals surface area contributed by atoms with Gasteiger partial charge in [0.05, 0.1) is 0 Å². The van der Waals surface area contributed by atoms with E-state index in [-0.39, 0.29) is 0 Å². The predicted octanol–water partition coefficient (Wildman–Crippen LogP) is 3.57. The van der Waals surface area contributed by atoms with Crippen LogP contribution in [0.4, 0.5) is 0 Å². The number of nitrogens with one attached hydrogen (secondary N) is 2. The summed E-state index contributed by atoms with van der Waals surface area (Å²) in [7, 11) is 0. The van der Waals surface area contributed by atoms with Gasteiger partial charge in [0.25, 0.3) is 0 Å². The molecule has 0 radical (unpaired) electrons. The molecular weight excluding hydrogens is 208 g/mol. The number of hydrogen-bond donors (Lipinski definition) is 2. The number of piperidine rings is 1. The third kappa shape index (κ3) is 9.61. The minimum Gasteiger partial charge on any atom is -0.317 e. The second-order valence-corrected chi connectivity index (χ2v) is 5.39. The van der Waals surface area contributed by atoms with Crippen LogP contribution < -0.4 is 10.6 Å². The van der Waals surface area contributed by atoms with Crippen molar-refractivity contribution in [1.82, 2.24) is 10.6 Å². The summed E-state index contributed by atoms with van der Waals surface area (Å²) < 4.78 is 0. The average molecular weight is 242 g/mol. The van der Waals surface area contributed by atoms with E-state index in [1.807, 2.05) is 0 Å². The summed E-state index contributed by atoms with van der Waals surface area (Å²) in [6.45, 7) is 13.7. The van der Waals surface area contributed by atoms with Gasteiger partial charge in [0.2, 0.25) is 0 Å². The molecule has 0 amide bonds. The van der Waals surface area contributed by atoms with Crippen LogP contribution in [0.3, 0.4) is 0 Å². The maximum absolute atomic E-state index is 3.48. The Bertz CT molecular complexity index is 145. The van der Waals surface area contributed by atoms with E-state index >= 15 is 0 Å². The van der Waals surface area contributed by atoms with Crippen molar-refractivity contribution >= 4 is 0 Å². The number of rotatable bonds is 5. The molecular formula is C15H34N2. The molecule has 0 aromatic carbocycles. The molecule has 2 N–H and O–H groups in total. The molecule has 1 fully saturated rings. The third-order valence-corrected chi connectivity index (χ3v) is 3.83. The van der Waals surface area contributed by atoms with Crippen LogP contribution >= 0.6 is 0 Å². The van der Waals surface area contributed by atoms with E-state index in [0.717, 1.165) is 5.92 Å². The Morgan fingerprint density at radius 3 is 1.76 bits per heavy atom. The molecule has 17 heavy (non-hydrogen) atoms. The highest BCUT2D eigenvalue weighted by molar-refractivity contribution is 4.66. The van der Waals surface area contributed by atoms with Crippen LogP contribution in [0.15, 0.2) is 0 Å². The fraction of sp³-hybridized carbons (Fsp3) is 1.00. The zero-order valence-electron chi connectivity index (χ0n) is 12.7. The lowest BCUT2D eigenvalue weighted by Crippen LogP contribution is -2.33. The zero-order valence-corrected chi connectivity index (χ0v) is 12.7. The minimum absolute atomic E-state index is 0.681. The van der Waals surface area contributed by atoms with Gasteiger partial charge < -0.3 is 10.6 Å². The molecule has 0 aliphatic carbocycles. The van der Waals surface area contributed by atoms with Gasteiger partial charge in [-0.05, 0) is 58.5 Å². The van der Waals surface area contributed by atoms with Gasteiger partial charge in [-0.15, -0.1) is 0 Å². The standard InChI is InChI=1S/C8H19N.C7H15N/c1-5-7(3)9-8(4)6-2;1-2-7-3-5-8-6-4-7/h7-9H,5-6H2,1-4H3;7-8H,2-6H2,1H3. The molecule has 0 aromatic heterocycles. The van der Waals surface area contributed by atoms with Crippen molar-refractivity contribution in [3.8, 4) is 0 Å². The van der Waals surface area contributed by atoms with Crippen molar-refractivity contribution in [2.75, 3.05) is 13.1 Å². The van der Waals surface area contributed by atoms with Crippen LogP contribution in [-0.2, 0) is 0 Å². The van der Waals surface area contributed by atoms with E-state index < -0.39 is 0 Å². The van der Waals surface area contributed by atoms with Crippen LogP contribution in [0, 0.1) is 5.92 Å². The van der Waals surface area contributed by atoms with E-state index in [0.29, 0.717) is 12.1 Å². The Balaban J connectivity index is 0.000000302. The lowest BCUT2D eigenvalue weighted by Gasteiger charge is -2.20. The van der Waals surface area contributed by atoms with E-state index in [2.05, 4.69) is 45.3 Å². The van der Waals surface area contributed by atoms with Gasteiger partial charge in [0, 0.05) is 12.1 Å². The second-order valence-electron chi connectivity index (χ2n) is 5.39. The molecule has 1 saturated heterocycles. The smallest absolute Gasteiger partial charge is 0.00385 e. The molecule has 2 heteroatoms. The van der Waals surface area contributed by atoms with Crippen molar-refractivity contribution in [2.45, 2.75) is 78.8 Å². The first-order valence-electron chi connectivity index (χ1n) is 7.60. The highest BCUT2D eigenvalue weighted by atomic mass is 14.9. The average Bonchev–Trinajstić information content (AvgIpc) is 2.40. The Morgan fingerprint density at radius 2 is 1.47 bits per heavy atom. The highest BCUT2D eigenvalue weighted by Crippen LogP contribution is 2.13. The molecule has 1 aliphatic heterocycles. The fourth-order valence-corrected chi connectivity index (χ4v) is 2.01. The van der Waals surface area contributed by atoms with E-state index in [1.165, 1.54) is 45.2 Å². The summed E-state index contributed by atoms with van der Waals surface area (Å²) in [6.07, 6.45) is 6.63. The maximum atomic E-state index is 3.48. The van der Waals surface area contributed by atoms with Crippen molar-refractivity contribution in [3.63, 3.8) is 0 Å². The minimum atomic E-state index is 0.681. The molecule has 0 bridgehead atoms. The van der Waals surface area contributed by atoms with Crippen LogP contribution in [-0.4, -0.2) is 25.2 Å². The van der Waals surface area contributed by atoms with Crippen LogP contribution in [0.1, 0.15) is 66.7 Å². The first-order valence-corrected chi connectivity index (χ1v) is 7.60. The van der Waals surface area contributed by atoms with Gasteiger partial charge in [0.1, 0.15) is 0 Å². The zero-order chi connectivity index (χ0) is 13.1. The molecule has 2 unspecified atom stereocenters. The third-order valence-electron chi connectivity index (χ3n) is 3.83. The molecule has 2 atom stereocenters. The second kappa shape index (κ2) is 11.0.